The van der Waals surface area contributed by atoms with Crippen LogP contribution in [0.1, 0.15) is 45.7 Å². The number of hydrogen-bond acceptors (Lipinski definition) is 4. The van der Waals surface area contributed by atoms with Gasteiger partial charge >= 0.3 is 0 Å². The highest BCUT2D eigenvalue weighted by Gasteiger charge is 2.22. The van der Waals surface area contributed by atoms with Crippen LogP contribution in [0.5, 0.6) is 0 Å². The van der Waals surface area contributed by atoms with Crippen molar-refractivity contribution in [2.24, 2.45) is 5.92 Å². The lowest BCUT2D eigenvalue weighted by atomic mass is 10.1. The maximum absolute atomic E-state index is 13.1. The van der Waals surface area contributed by atoms with Crippen LogP contribution in [-0.2, 0) is 10.0 Å². The number of anilines is 2. The third-order valence-corrected chi connectivity index (χ3v) is 6.91. The summed E-state index contributed by atoms with van der Waals surface area (Å²) in [6, 6.07) is 15.9. The summed E-state index contributed by atoms with van der Waals surface area (Å²) in [5.74, 6) is -0.618. The number of para-hydroxylation sites is 1. The van der Waals surface area contributed by atoms with Crippen molar-refractivity contribution < 1.29 is 18.0 Å². The molecule has 0 aliphatic carbocycles. The Balaban J connectivity index is 1.86. The second-order valence-electron chi connectivity index (χ2n) is 8.73. The molecule has 0 radical (unpaired) electrons. The monoisotopic (exact) mass is 513 g/mol. The van der Waals surface area contributed by atoms with Crippen LogP contribution in [0.15, 0.2) is 65.6 Å². The van der Waals surface area contributed by atoms with Gasteiger partial charge in [0.05, 0.1) is 16.3 Å². The molecule has 0 saturated carbocycles. The van der Waals surface area contributed by atoms with Crippen molar-refractivity contribution >= 4 is 44.8 Å². The summed E-state index contributed by atoms with van der Waals surface area (Å²) in [5.41, 5.74) is 2.89. The Morgan fingerprint density at radius 1 is 0.914 bits per heavy atom. The van der Waals surface area contributed by atoms with Gasteiger partial charge in [-0.1, -0.05) is 43.6 Å². The van der Waals surface area contributed by atoms with Gasteiger partial charge in [-0.15, -0.1) is 0 Å². The van der Waals surface area contributed by atoms with E-state index in [1.807, 2.05) is 33.8 Å². The van der Waals surface area contributed by atoms with Crippen LogP contribution in [0.25, 0.3) is 0 Å². The Labute approximate surface area is 211 Å². The molecule has 3 N–H and O–H groups in total. The fourth-order valence-electron chi connectivity index (χ4n) is 3.47. The molecule has 3 aromatic rings. The number of carbonyl (C=O) groups excluding carboxylic acids is 2. The van der Waals surface area contributed by atoms with Gasteiger partial charge in [0.1, 0.15) is 4.90 Å². The Bertz CT molecular complexity index is 1350. The first-order valence-electron chi connectivity index (χ1n) is 11.1. The van der Waals surface area contributed by atoms with Gasteiger partial charge in [-0.25, -0.2) is 8.42 Å². The molecule has 0 aliphatic rings. The van der Waals surface area contributed by atoms with E-state index in [0.29, 0.717) is 23.5 Å². The van der Waals surface area contributed by atoms with E-state index in [0.717, 1.165) is 11.1 Å². The highest BCUT2D eigenvalue weighted by molar-refractivity contribution is 7.92. The summed E-state index contributed by atoms with van der Waals surface area (Å²) in [7, 11) is -4.07. The van der Waals surface area contributed by atoms with Crippen molar-refractivity contribution in [3.8, 4) is 0 Å². The molecule has 2 amide bonds. The minimum Gasteiger partial charge on any atom is -0.352 e. The van der Waals surface area contributed by atoms with Crippen molar-refractivity contribution in [3.63, 3.8) is 0 Å². The topological polar surface area (TPSA) is 104 Å². The van der Waals surface area contributed by atoms with Crippen molar-refractivity contribution in [3.05, 3.63) is 87.9 Å². The fourth-order valence-corrected chi connectivity index (χ4v) is 5.04. The first-order chi connectivity index (χ1) is 16.5. The highest BCUT2D eigenvalue weighted by Crippen LogP contribution is 2.27. The molecular weight excluding hydrogens is 486 g/mol. The Morgan fingerprint density at radius 3 is 2.23 bits per heavy atom. The Kier molecular flexibility index (Phi) is 8.19. The number of benzene rings is 3. The van der Waals surface area contributed by atoms with Crippen molar-refractivity contribution in [1.29, 1.82) is 0 Å². The lowest BCUT2D eigenvalue weighted by Gasteiger charge is -2.14. The minimum absolute atomic E-state index is 0.0214. The zero-order valence-electron chi connectivity index (χ0n) is 20.0. The summed E-state index contributed by atoms with van der Waals surface area (Å²) in [6.07, 6.45) is 0. The van der Waals surface area contributed by atoms with Crippen LogP contribution in [-0.4, -0.2) is 26.8 Å². The van der Waals surface area contributed by atoms with Gasteiger partial charge in [0, 0.05) is 17.8 Å². The molecule has 0 aromatic heterocycles. The van der Waals surface area contributed by atoms with Gasteiger partial charge in [0.2, 0.25) is 0 Å². The number of aryl methyl sites for hydroxylation is 2. The third kappa shape index (κ3) is 6.83. The minimum atomic E-state index is -4.07. The number of amides is 2. The van der Waals surface area contributed by atoms with Crippen molar-refractivity contribution in [2.45, 2.75) is 32.6 Å². The molecule has 9 heteroatoms. The van der Waals surface area contributed by atoms with Gasteiger partial charge in [-0.05, 0) is 73.4 Å². The molecule has 0 fully saturated rings. The SMILES string of the molecule is Cc1cc(C)cc(NS(=O)(=O)c2cc(C(=O)Nc3ccccc3C(=O)NCC(C)C)ccc2Cl)c1. The van der Waals surface area contributed by atoms with Crippen LogP contribution < -0.4 is 15.4 Å². The van der Waals surface area contributed by atoms with E-state index in [4.69, 9.17) is 11.6 Å². The molecule has 0 spiro atoms. The average molecular weight is 514 g/mol. The van der Waals surface area contributed by atoms with Crippen LogP contribution >= 0.6 is 11.6 Å². The smallest absolute Gasteiger partial charge is 0.263 e. The molecule has 3 aromatic carbocycles. The van der Waals surface area contributed by atoms with Crippen LogP contribution in [0, 0.1) is 19.8 Å². The van der Waals surface area contributed by atoms with Crippen LogP contribution in [0.3, 0.4) is 0 Å². The predicted octanol–water partition coefficient (Wildman–Crippen LogP) is 5.40. The Morgan fingerprint density at radius 2 is 1.57 bits per heavy atom. The lowest BCUT2D eigenvalue weighted by molar-refractivity contribution is 0.0950. The maximum Gasteiger partial charge on any atom is 0.263 e. The van der Waals surface area contributed by atoms with E-state index in [1.54, 1.807) is 36.4 Å². The second kappa shape index (κ2) is 10.9. The standard InChI is InChI=1S/C26H28ClN3O4S/c1-16(2)15-28-26(32)21-7-5-6-8-23(21)29-25(31)19-9-10-22(27)24(14-19)35(33,34)30-20-12-17(3)11-18(4)13-20/h5-14,16,30H,15H2,1-4H3,(H,28,32)(H,29,31). The van der Waals surface area contributed by atoms with E-state index in [1.165, 1.54) is 18.2 Å². The molecule has 0 aliphatic heterocycles. The molecule has 35 heavy (non-hydrogen) atoms. The molecule has 0 unspecified atom stereocenters. The molecule has 7 nitrogen and oxygen atoms in total. The first kappa shape index (κ1) is 26.2. The fraction of sp³-hybridized carbons (Fsp3) is 0.231. The highest BCUT2D eigenvalue weighted by atomic mass is 35.5. The Hall–Kier alpha value is -3.36. The molecule has 0 saturated heterocycles. The number of hydrogen-bond donors (Lipinski definition) is 3. The largest absolute Gasteiger partial charge is 0.352 e. The van der Waals surface area contributed by atoms with Crippen LogP contribution in [0.4, 0.5) is 11.4 Å². The summed E-state index contributed by atoms with van der Waals surface area (Å²) in [4.78, 5) is 25.3. The van der Waals surface area contributed by atoms with E-state index in [-0.39, 0.29) is 27.3 Å². The summed E-state index contributed by atoms with van der Waals surface area (Å²) >= 11 is 6.20. The molecule has 3 rings (SSSR count). The van der Waals surface area contributed by atoms with E-state index in [9.17, 15) is 18.0 Å². The normalized spacial score (nSPS) is 11.3. The molecule has 184 valence electrons. The van der Waals surface area contributed by atoms with E-state index >= 15 is 0 Å². The molecule has 0 atom stereocenters. The van der Waals surface area contributed by atoms with Gasteiger partial charge in [0.15, 0.2) is 0 Å². The van der Waals surface area contributed by atoms with Crippen LogP contribution in [0.2, 0.25) is 5.02 Å². The molecule has 0 bridgehead atoms. The zero-order chi connectivity index (χ0) is 25.8. The first-order valence-corrected chi connectivity index (χ1v) is 12.9. The predicted molar refractivity (Wildman–Crippen MR) is 140 cm³/mol. The summed E-state index contributed by atoms with van der Waals surface area (Å²) < 4.78 is 28.7. The molecule has 0 heterocycles. The summed E-state index contributed by atoms with van der Waals surface area (Å²) in [5, 5.41) is 5.50. The van der Waals surface area contributed by atoms with Gasteiger partial charge in [-0.2, -0.15) is 0 Å². The van der Waals surface area contributed by atoms with Crippen molar-refractivity contribution in [2.75, 3.05) is 16.6 Å². The quantitative estimate of drug-likeness (QED) is 0.375. The van der Waals surface area contributed by atoms with Crippen molar-refractivity contribution in [1.82, 2.24) is 5.32 Å². The van der Waals surface area contributed by atoms with E-state index < -0.39 is 15.9 Å². The number of halogens is 1. The maximum atomic E-state index is 13.1. The van der Waals surface area contributed by atoms with E-state index in [2.05, 4.69) is 15.4 Å². The van der Waals surface area contributed by atoms with Gasteiger partial charge in [-0.3, -0.25) is 14.3 Å². The zero-order valence-corrected chi connectivity index (χ0v) is 21.5. The number of nitrogens with one attached hydrogen (secondary N) is 3. The summed E-state index contributed by atoms with van der Waals surface area (Å²) in [6.45, 7) is 8.19. The number of rotatable bonds is 8. The lowest BCUT2D eigenvalue weighted by Crippen LogP contribution is -2.28. The third-order valence-electron chi connectivity index (χ3n) is 5.05. The number of sulfonamides is 1. The average Bonchev–Trinajstić information content (AvgIpc) is 2.76. The number of carbonyl (C=O) groups is 2. The second-order valence-corrected chi connectivity index (χ2v) is 10.8. The van der Waals surface area contributed by atoms with Gasteiger partial charge < -0.3 is 10.6 Å². The molecular formula is C26H28ClN3O4S. The van der Waals surface area contributed by atoms with Gasteiger partial charge in [0.25, 0.3) is 21.8 Å².